The van der Waals surface area contributed by atoms with Crippen molar-refractivity contribution in [2.45, 2.75) is 50.5 Å². The van der Waals surface area contributed by atoms with Crippen molar-refractivity contribution in [3.05, 3.63) is 71.3 Å². The molecule has 4 heteroatoms. The first-order valence-electron chi connectivity index (χ1n) is 11.2. The van der Waals surface area contributed by atoms with Gasteiger partial charge in [0.05, 0.1) is 5.56 Å². The molecule has 1 amide bonds. The Kier molecular flexibility index (Phi) is 5.10. The summed E-state index contributed by atoms with van der Waals surface area (Å²) in [7, 11) is 0. The molecule has 1 N–H and O–H groups in total. The lowest BCUT2D eigenvalue weighted by molar-refractivity contribution is -0.130. The molecule has 30 heavy (non-hydrogen) atoms. The smallest absolute Gasteiger partial charge is 0.338 e. The van der Waals surface area contributed by atoms with Crippen molar-refractivity contribution >= 4 is 11.9 Å². The first-order chi connectivity index (χ1) is 14.6. The number of nitrogens with one attached hydrogen (secondary N) is 1. The zero-order valence-electron chi connectivity index (χ0n) is 17.3. The van der Waals surface area contributed by atoms with E-state index in [0.29, 0.717) is 12.0 Å². The molecule has 2 aromatic rings. The predicted octanol–water partition coefficient (Wildman–Crippen LogP) is 4.52. The van der Waals surface area contributed by atoms with Gasteiger partial charge in [0.1, 0.15) is 0 Å². The quantitative estimate of drug-likeness (QED) is 0.722. The molecule has 4 aliphatic rings. The molecular weight excluding hydrogens is 374 g/mol. The molecule has 156 valence electrons. The van der Waals surface area contributed by atoms with Crippen LogP contribution in [0, 0.1) is 17.8 Å². The summed E-state index contributed by atoms with van der Waals surface area (Å²) in [5.74, 6) is 1.71. The van der Waals surface area contributed by atoms with Gasteiger partial charge in [0, 0.05) is 5.54 Å². The van der Waals surface area contributed by atoms with Crippen LogP contribution >= 0.6 is 0 Å². The first-order valence-corrected chi connectivity index (χ1v) is 11.2. The van der Waals surface area contributed by atoms with Crippen molar-refractivity contribution in [1.29, 1.82) is 0 Å². The maximum atomic E-state index is 12.7. The van der Waals surface area contributed by atoms with Crippen molar-refractivity contribution in [2.75, 3.05) is 6.61 Å². The zero-order valence-corrected chi connectivity index (χ0v) is 17.3. The van der Waals surface area contributed by atoms with Gasteiger partial charge < -0.3 is 10.1 Å². The highest BCUT2D eigenvalue weighted by Crippen LogP contribution is 2.55. The van der Waals surface area contributed by atoms with Gasteiger partial charge in [-0.05, 0) is 79.9 Å². The van der Waals surface area contributed by atoms with Crippen LogP contribution in [0.1, 0.15) is 60.0 Å². The molecule has 4 aliphatic carbocycles. The lowest BCUT2D eigenvalue weighted by atomic mass is 9.53. The SMILES string of the molecule is O=C(COC(=O)c1ccccc1Cc1ccccc1)NC12CC3CC(CC(C3)C1)C2. The largest absolute Gasteiger partial charge is 0.452 e. The van der Waals surface area contributed by atoms with Crippen LogP contribution in [-0.4, -0.2) is 24.0 Å². The Labute approximate surface area is 178 Å². The summed E-state index contributed by atoms with van der Waals surface area (Å²) >= 11 is 0. The van der Waals surface area contributed by atoms with Crippen LogP contribution in [0.5, 0.6) is 0 Å². The monoisotopic (exact) mass is 403 g/mol. The number of hydrogen-bond donors (Lipinski definition) is 1. The highest BCUT2D eigenvalue weighted by atomic mass is 16.5. The summed E-state index contributed by atoms with van der Waals surface area (Å²) in [4.78, 5) is 25.4. The molecule has 0 saturated heterocycles. The summed E-state index contributed by atoms with van der Waals surface area (Å²) in [6.07, 6.45) is 7.95. The number of esters is 1. The maximum Gasteiger partial charge on any atom is 0.338 e. The van der Waals surface area contributed by atoms with Crippen molar-refractivity contribution in [2.24, 2.45) is 17.8 Å². The van der Waals surface area contributed by atoms with Gasteiger partial charge in [-0.15, -0.1) is 0 Å². The second-order valence-corrected chi connectivity index (χ2v) is 9.64. The average molecular weight is 404 g/mol. The molecule has 0 heterocycles. The lowest BCUT2D eigenvalue weighted by Gasteiger charge is -2.56. The molecule has 0 atom stereocenters. The van der Waals surface area contributed by atoms with Gasteiger partial charge in [0.15, 0.2) is 6.61 Å². The summed E-state index contributed by atoms with van der Waals surface area (Å²) in [5.41, 5.74) is 2.53. The topological polar surface area (TPSA) is 55.4 Å². The van der Waals surface area contributed by atoms with E-state index in [2.05, 4.69) is 5.32 Å². The number of carbonyl (C=O) groups excluding carboxylic acids is 2. The summed E-state index contributed by atoms with van der Waals surface area (Å²) in [6, 6.07) is 17.5. The van der Waals surface area contributed by atoms with E-state index in [-0.39, 0.29) is 18.1 Å². The molecular formula is C26H29NO3. The zero-order chi connectivity index (χ0) is 20.6. The van der Waals surface area contributed by atoms with Gasteiger partial charge in [0.25, 0.3) is 5.91 Å². The molecule has 0 unspecified atom stereocenters. The van der Waals surface area contributed by atoms with Gasteiger partial charge in [-0.1, -0.05) is 48.5 Å². The molecule has 2 aromatic carbocycles. The number of rotatable bonds is 6. The lowest BCUT2D eigenvalue weighted by Crippen LogP contribution is -2.60. The van der Waals surface area contributed by atoms with Crippen molar-refractivity contribution in [1.82, 2.24) is 5.32 Å². The van der Waals surface area contributed by atoms with Crippen molar-refractivity contribution < 1.29 is 14.3 Å². The fourth-order valence-corrected chi connectivity index (χ4v) is 6.49. The Bertz CT molecular complexity index is 901. The van der Waals surface area contributed by atoms with E-state index in [4.69, 9.17) is 4.74 Å². The van der Waals surface area contributed by atoms with Crippen LogP contribution in [0.25, 0.3) is 0 Å². The maximum absolute atomic E-state index is 12.7. The first kappa shape index (κ1) is 19.3. The Hall–Kier alpha value is -2.62. The Morgan fingerprint density at radius 3 is 2.13 bits per heavy atom. The van der Waals surface area contributed by atoms with E-state index in [1.54, 1.807) is 6.07 Å². The minimum atomic E-state index is -0.429. The van der Waals surface area contributed by atoms with Crippen molar-refractivity contribution in [3.8, 4) is 0 Å². The van der Waals surface area contributed by atoms with E-state index >= 15 is 0 Å². The normalized spacial score (nSPS) is 28.9. The second kappa shape index (κ2) is 7.90. The average Bonchev–Trinajstić information content (AvgIpc) is 2.72. The van der Waals surface area contributed by atoms with E-state index in [1.807, 2.05) is 48.5 Å². The summed E-state index contributed by atoms with van der Waals surface area (Å²) in [5, 5.41) is 3.27. The molecule has 4 fully saturated rings. The number of carbonyl (C=O) groups is 2. The highest BCUT2D eigenvalue weighted by Gasteiger charge is 2.51. The minimum Gasteiger partial charge on any atom is -0.452 e. The Balaban J connectivity index is 1.20. The third kappa shape index (κ3) is 4.00. The van der Waals surface area contributed by atoms with Crippen LogP contribution in [-0.2, 0) is 16.0 Å². The third-order valence-corrected chi connectivity index (χ3v) is 7.25. The van der Waals surface area contributed by atoms with Gasteiger partial charge in [0.2, 0.25) is 0 Å². The summed E-state index contributed by atoms with van der Waals surface area (Å²) < 4.78 is 5.43. The molecule has 4 saturated carbocycles. The molecule has 0 spiro atoms. The summed E-state index contributed by atoms with van der Waals surface area (Å²) in [6.45, 7) is -0.208. The molecule has 4 nitrogen and oxygen atoms in total. The number of amides is 1. The number of benzene rings is 2. The van der Waals surface area contributed by atoms with Crippen LogP contribution in [0.3, 0.4) is 0 Å². The standard InChI is InChI=1S/C26H29NO3/c28-24(27-26-14-19-10-20(15-26)12-21(11-19)16-26)17-30-25(29)23-9-5-4-8-22(23)13-18-6-2-1-3-7-18/h1-9,19-21H,10-17H2,(H,27,28). The molecule has 0 radical (unpaired) electrons. The highest BCUT2D eigenvalue weighted by molar-refractivity contribution is 5.93. The fraction of sp³-hybridized carbons (Fsp3) is 0.462. The van der Waals surface area contributed by atoms with E-state index in [9.17, 15) is 9.59 Å². The molecule has 6 rings (SSSR count). The molecule has 4 bridgehead atoms. The van der Waals surface area contributed by atoms with Gasteiger partial charge >= 0.3 is 5.97 Å². The minimum absolute atomic E-state index is 0.0521. The second-order valence-electron chi connectivity index (χ2n) is 9.64. The van der Waals surface area contributed by atoms with Crippen molar-refractivity contribution in [3.63, 3.8) is 0 Å². The number of ether oxygens (including phenoxy) is 1. The molecule has 0 aliphatic heterocycles. The molecule has 0 aromatic heterocycles. The Morgan fingerprint density at radius 1 is 0.867 bits per heavy atom. The van der Waals surface area contributed by atoms with Gasteiger partial charge in [-0.3, -0.25) is 4.79 Å². The fourth-order valence-electron chi connectivity index (χ4n) is 6.49. The predicted molar refractivity (Wildman–Crippen MR) is 115 cm³/mol. The van der Waals surface area contributed by atoms with E-state index < -0.39 is 5.97 Å². The van der Waals surface area contributed by atoms with E-state index in [0.717, 1.165) is 48.1 Å². The van der Waals surface area contributed by atoms with E-state index in [1.165, 1.54) is 19.3 Å². The number of hydrogen-bond acceptors (Lipinski definition) is 3. The van der Waals surface area contributed by atoms with Crippen LogP contribution in [0.15, 0.2) is 54.6 Å². The van der Waals surface area contributed by atoms with Gasteiger partial charge in [-0.25, -0.2) is 4.79 Å². The van der Waals surface area contributed by atoms with Gasteiger partial charge in [-0.2, -0.15) is 0 Å². The van der Waals surface area contributed by atoms with Crippen LogP contribution in [0.2, 0.25) is 0 Å². The Morgan fingerprint density at radius 2 is 1.47 bits per heavy atom. The van der Waals surface area contributed by atoms with Crippen LogP contribution < -0.4 is 5.32 Å². The third-order valence-electron chi connectivity index (χ3n) is 7.25. The van der Waals surface area contributed by atoms with Crippen LogP contribution in [0.4, 0.5) is 0 Å².